The summed E-state index contributed by atoms with van der Waals surface area (Å²) in [5, 5.41) is 0. The van der Waals surface area contributed by atoms with Crippen molar-refractivity contribution in [2.24, 2.45) is 0 Å². The molecule has 0 atom stereocenters. The molecule has 1 aromatic rings. The molecule has 0 fully saturated rings. The highest BCUT2D eigenvalue weighted by atomic mass is 32.2. The number of rotatable bonds is 7. The van der Waals surface area contributed by atoms with Gasteiger partial charge in [-0.2, -0.15) is 0 Å². The van der Waals surface area contributed by atoms with Crippen LogP contribution in [0.25, 0.3) is 0 Å². The number of sulfone groups is 1. The van der Waals surface area contributed by atoms with Gasteiger partial charge in [-0.1, -0.05) is 25.5 Å². The third kappa shape index (κ3) is 4.97. The first-order chi connectivity index (χ1) is 9.77. The highest BCUT2D eigenvalue weighted by Gasteiger charge is 2.21. The van der Waals surface area contributed by atoms with Crippen LogP contribution in [0.15, 0.2) is 29.2 Å². The number of hydrogen-bond donors (Lipinski definition) is 0. The van der Waals surface area contributed by atoms with Crippen LogP contribution in [0.5, 0.6) is 0 Å². The Morgan fingerprint density at radius 3 is 2.19 bits per heavy atom. The van der Waals surface area contributed by atoms with Crippen molar-refractivity contribution in [2.45, 2.75) is 31.6 Å². The van der Waals surface area contributed by atoms with Gasteiger partial charge in [-0.25, -0.2) is 8.42 Å². The van der Waals surface area contributed by atoms with E-state index in [0.29, 0.717) is 12.1 Å². The molecule has 116 valence electrons. The zero-order valence-electron chi connectivity index (χ0n) is 12.6. The van der Waals surface area contributed by atoms with Crippen molar-refractivity contribution in [3.63, 3.8) is 0 Å². The summed E-state index contributed by atoms with van der Waals surface area (Å²) in [6, 6.07) is 5.65. The number of Topliss-reactive ketones (excluding diaryl/α,β-unsaturated/α-hetero) is 1. The van der Waals surface area contributed by atoms with Crippen molar-refractivity contribution in [3.8, 4) is 0 Å². The average molecular weight is 311 g/mol. The summed E-state index contributed by atoms with van der Waals surface area (Å²) in [5.41, 5.74) is 0.445. The van der Waals surface area contributed by atoms with Gasteiger partial charge in [-0.15, -0.1) is 0 Å². The Morgan fingerprint density at radius 2 is 1.71 bits per heavy atom. The molecule has 21 heavy (non-hydrogen) atoms. The highest BCUT2D eigenvalue weighted by Crippen LogP contribution is 2.13. The molecule has 0 aliphatic rings. The molecule has 0 saturated heterocycles. The van der Waals surface area contributed by atoms with E-state index in [2.05, 4.69) is 0 Å². The summed E-state index contributed by atoms with van der Waals surface area (Å²) < 4.78 is 24.3. The number of hydrogen-bond acceptors (Lipinski definition) is 4. The number of ketones is 1. The van der Waals surface area contributed by atoms with Gasteiger partial charge in [0.05, 0.1) is 4.90 Å². The van der Waals surface area contributed by atoms with Crippen LogP contribution in [-0.4, -0.2) is 44.4 Å². The Kier molecular flexibility index (Phi) is 6.08. The van der Waals surface area contributed by atoms with Crippen molar-refractivity contribution < 1.29 is 18.0 Å². The molecule has 0 saturated carbocycles. The zero-order valence-corrected chi connectivity index (χ0v) is 13.4. The molecule has 1 amide bonds. The number of benzene rings is 1. The minimum atomic E-state index is -3.67. The van der Waals surface area contributed by atoms with Crippen molar-refractivity contribution in [2.75, 3.05) is 19.3 Å². The van der Waals surface area contributed by atoms with Crippen LogP contribution in [0, 0.1) is 0 Å². The van der Waals surface area contributed by atoms with E-state index in [4.69, 9.17) is 0 Å². The van der Waals surface area contributed by atoms with E-state index in [9.17, 15) is 18.0 Å². The summed E-state index contributed by atoms with van der Waals surface area (Å²) in [7, 11) is -2.07. The molecule has 0 aliphatic heterocycles. The molecule has 1 rings (SSSR count). The maximum absolute atomic E-state index is 12.2. The average Bonchev–Trinajstić information content (AvgIpc) is 2.44. The van der Waals surface area contributed by atoms with E-state index in [1.54, 1.807) is 7.05 Å². The standard InChI is InChI=1S/C15H21NO4S/c1-4-5-10-16(3)15(18)11-21(19,20)14-8-6-13(7-9-14)12(2)17/h6-9H,4-5,10-11H2,1-3H3. The van der Waals surface area contributed by atoms with E-state index in [1.807, 2.05) is 6.92 Å². The van der Waals surface area contributed by atoms with Gasteiger partial charge < -0.3 is 4.90 Å². The summed E-state index contributed by atoms with van der Waals surface area (Å²) in [4.78, 5) is 24.6. The first-order valence-corrected chi connectivity index (χ1v) is 8.51. The second-order valence-corrected chi connectivity index (χ2v) is 7.00. The number of carbonyl (C=O) groups is 2. The first-order valence-electron chi connectivity index (χ1n) is 6.85. The zero-order chi connectivity index (χ0) is 16.0. The lowest BCUT2D eigenvalue weighted by Gasteiger charge is -2.16. The molecule has 0 radical (unpaired) electrons. The molecule has 0 unspecified atom stereocenters. The van der Waals surface area contributed by atoms with E-state index >= 15 is 0 Å². The second kappa shape index (κ2) is 7.36. The van der Waals surface area contributed by atoms with E-state index in [-0.39, 0.29) is 10.7 Å². The molecular formula is C15H21NO4S. The molecule has 0 spiro atoms. The largest absolute Gasteiger partial charge is 0.345 e. The smallest absolute Gasteiger partial charge is 0.237 e. The number of unbranched alkanes of at least 4 members (excludes halogenated alkanes) is 1. The van der Waals surface area contributed by atoms with Crippen LogP contribution in [0.1, 0.15) is 37.0 Å². The highest BCUT2D eigenvalue weighted by molar-refractivity contribution is 7.92. The minimum Gasteiger partial charge on any atom is -0.345 e. The topological polar surface area (TPSA) is 71.5 Å². The molecule has 0 N–H and O–H groups in total. The van der Waals surface area contributed by atoms with Crippen LogP contribution < -0.4 is 0 Å². The fourth-order valence-corrected chi connectivity index (χ4v) is 3.04. The summed E-state index contributed by atoms with van der Waals surface area (Å²) in [5.74, 6) is -1.10. The summed E-state index contributed by atoms with van der Waals surface area (Å²) in [6.45, 7) is 3.97. The molecule has 0 bridgehead atoms. The van der Waals surface area contributed by atoms with Gasteiger partial charge in [0, 0.05) is 19.2 Å². The van der Waals surface area contributed by atoms with Gasteiger partial charge in [0.15, 0.2) is 15.6 Å². The minimum absolute atomic E-state index is 0.0599. The van der Waals surface area contributed by atoms with Crippen molar-refractivity contribution in [1.29, 1.82) is 0 Å². The first kappa shape index (κ1) is 17.4. The van der Waals surface area contributed by atoms with Gasteiger partial charge in [-0.05, 0) is 25.5 Å². The maximum Gasteiger partial charge on any atom is 0.237 e. The van der Waals surface area contributed by atoms with E-state index in [1.165, 1.54) is 36.1 Å². The Labute approximate surface area is 125 Å². The second-order valence-electron chi connectivity index (χ2n) is 5.01. The monoisotopic (exact) mass is 311 g/mol. The van der Waals surface area contributed by atoms with E-state index in [0.717, 1.165) is 12.8 Å². The number of amides is 1. The summed E-state index contributed by atoms with van der Waals surface area (Å²) >= 11 is 0. The van der Waals surface area contributed by atoms with Gasteiger partial charge in [-0.3, -0.25) is 9.59 Å². The Balaban J connectivity index is 2.81. The lowest BCUT2D eigenvalue weighted by Crippen LogP contribution is -2.33. The molecule has 6 heteroatoms. The van der Waals surface area contributed by atoms with Crippen LogP contribution >= 0.6 is 0 Å². The third-order valence-electron chi connectivity index (χ3n) is 3.21. The van der Waals surface area contributed by atoms with Crippen LogP contribution in [-0.2, 0) is 14.6 Å². The molecule has 5 nitrogen and oxygen atoms in total. The van der Waals surface area contributed by atoms with Crippen LogP contribution in [0.3, 0.4) is 0 Å². The normalized spacial score (nSPS) is 11.2. The lowest BCUT2D eigenvalue weighted by molar-refractivity contribution is -0.127. The van der Waals surface area contributed by atoms with Crippen LogP contribution in [0.4, 0.5) is 0 Å². The molecule has 1 aromatic carbocycles. The number of carbonyl (C=O) groups excluding carboxylic acids is 2. The Hall–Kier alpha value is -1.69. The SMILES string of the molecule is CCCCN(C)C(=O)CS(=O)(=O)c1ccc(C(C)=O)cc1. The fraction of sp³-hybridized carbons (Fsp3) is 0.467. The quantitative estimate of drug-likeness (QED) is 0.721. The van der Waals surface area contributed by atoms with Gasteiger partial charge in [0.25, 0.3) is 0 Å². The number of nitrogens with zero attached hydrogens (tertiary/aromatic N) is 1. The predicted molar refractivity (Wildman–Crippen MR) is 81.0 cm³/mol. The van der Waals surface area contributed by atoms with Crippen molar-refractivity contribution in [3.05, 3.63) is 29.8 Å². The van der Waals surface area contributed by atoms with E-state index < -0.39 is 21.5 Å². The molecule has 0 aromatic heterocycles. The van der Waals surface area contributed by atoms with Crippen LogP contribution in [0.2, 0.25) is 0 Å². The molecule has 0 heterocycles. The summed E-state index contributed by atoms with van der Waals surface area (Å²) in [6.07, 6.45) is 1.78. The van der Waals surface area contributed by atoms with Crippen molar-refractivity contribution in [1.82, 2.24) is 4.90 Å². The molecular weight excluding hydrogens is 290 g/mol. The van der Waals surface area contributed by atoms with Gasteiger partial charge in [0.2, 0.25) is 5.91 Å². The third-order valence-corrected chi connectivity index (χ3v) is 4.82. The predicted octanol–water partition coefficient (Wildman–Crippen LogP) is 1.92. The Bertz CT molecular complexity index is 605. The van der Waals surface area contributed by atoms with Gasteiger partial charge >= 0.3 is 0 Å². The lowest BCUT2D eigenvalue weighted by atomic mass is 10.2. The maximum atomic E-state index is 12.2. The molecule has 0 aliphatic carbocycles. The Morgan fingerprint density at radius 1 is 1.14 bits per heavy atom. The van der Waals surface area contributed by atoms with Gasteiger partial charge in [0.1, 0.15) is 5.75 Å². The van der Waals surface area contributed by atoms with Crippen molar-refractivity contribution >= 4 is 21.5 Å². The fourth-order valence-electron chi connectivity index (χ4n) is 1.77.